The van der Waals surface area contributed by atoms with E-state index in [-0.39, 0.29) is 17.9 Å². The molecule has 0 aromatic heterocycles. The van der Waals surface area contributed by atoms with E-state index in [1.807, 2.05) is 49.4 Å². The summed E-state index contributed by atoms with van der Waals surface area (Å²) < 4.78 is 0. The van der Waals surface area contributed by atoms with Crippen molar-refractivity contribution in [3.63, 3.8) is 0 Å². The molecule has 0 fully saturated rings. The van der Waals surface area contributed by atoms with E-state index in [1.165, 1.54) is 11.1 Å². The maximum absolute atomic E-state index is 12.4. The molecule has 2 aromatic rings. The van der Waals surface area contributed by atoms with E-state index >= 15 is 0 Å². The minimum atomic E-state index is 0.0624. The summed E-state index contributed by atoms with van der Waals surface area (Å²) in [5, 5.41) is 3.13. The Morgan fingerprint density at radius 3 is 2.15 bits per heavy atom. The quantitative estimate of drug-likeness (QED) is 0.906. The first kappa shape index (κ1) is 12.9. The first-order valence-electron chi connectivity index (χ1n) is 7.16. The van der Waals surface area contributed by atoms with E-state index in [9.17, 15) is 4.79 Å². The number of fused-ring (bicyclic) bond motifs is 1. The van der Waals surface area contributed by atoms with Crippen LogP contribution in [0.4, 0.5) is 0 Å². The summed E-state index contributed by atoms with van der Waals surface area (Å²) in [5.41, 5.74) is 3.79. The highest BCUT2D eigenvalue weighted by Gasteiger charge is 2.27. The van der Waals surface area contributed by atoms with Gasteiger partial charge in [-0.25, -0.2) is 0 Å². The van der Waals surface area contributed by atoms with Crippen LogP contribution >= 0.6 is 0 Å². The molecular weight excluding hydrogens is 246 g/mol. The third-order valence-corrected chi connectivity index (χ3v) is 4.08. The second-order valence-corrected chi connectivity index (χ2v) is 5.51. The second kappa shape index (κ2) is 5.49. The largest absolute Gasteiger partial charge is 0.349 e. The molecule has 2 aromatic carbocycles. The molecule has 0 heterocycles. The molecule has 2 heteroatoms. The maximum Gasteiger partial charge on any atom is 0.224 e. The predicted molar refractivity (Wildman–Crippen MR) is 80.3 cm³/mol. The highest BCUT2D eigenvalue weighted by molar-refractivity contribution is 5.80. The molecule has 0 saturated carbocycles. The molecule has 0 radical (unpaired) electrons. The zero-order valence-electron chi connectivity index (χ0n) is 11.7. The van der Waals surface area contributed by atoms with Gasteiger partial charge in [-0.1, -0.05) is 54.6 Å². The van der Waals surface area contributed by atoms with Gasteiger partial charge in [0.25, 0.3) is 0 Å². The van der Waals surface area contributed by atoms with Crippen molar-refractivity contribution in [2.45, 2.75) is 25.8 Å². The zero-order chi connectivity index (χ0) is 13.9. The van der Waals surface area contributed by atoms with E-state index in [2.05, 4.69) is 17.4 Å². The average Bonchev–Trinajstić information content (AvgIpc) is 2.92. The molecule has 1 atom stereocenters. The third kappa shape index (κ3) is 2.60. The molecular formula is C18H19NO. The Morgan fingerprint density at radius 1 is 1.00 bits per heavy atom. The van der Waals surface area contributed by atoms with Crippen molar-refractivity contribution in [1.29, 1.82) is 0 Å². The minimum Gasteiger partial charge on any atom is -0.349 e. The first-order chi connectivity index (χ1) is 9.74. The summed E-state index contributed by atoms with van der Waals surface area (Å²) in [5.74, 6) is 0.246. The standard InChI is InChI=1S/C18H19NO/c1-13(14-7-3-2-4-8-14)19-18(20)17-11-15-9-5-6-10-16(15)12-17/h2-10,13,17H,11-12H2,1H3,(H,19,20). The lowest BCUT2D eigenvalue weighted by molar-refractivity contribution is -0.125. The van der Waals surface area contributed by atoms with Crippen molar-refractivity contribution in [2.75, 3.05) is 0 Å². The minimum absolute atomic E-state index is 0.0624. The fourth-order valence-corrected chi connectivity index (χ4v) is 2.90. The molecule has 0 aliphatic heterocycles. The number of carbonyl (C=O) groups is 1. The molecule has 1 aliphatic rings. The Bertz CT molecular complexity index is 581. The van der Waals surface area contributed by atoms with Crippen molar-refractivity contribution in [3.05, 3.63) is 71.3 Å². The molecule has 1 N–H and O–H groups in total. The van der Waals surface area contributed by atoms with Gasteiger partial charge in [-0.3, -0.25) is 4.79 Å². The number of benzene rings is 2. The number of rotatable bonds is 3. The van der Waals surface area contributed by atoms with Crippen LogP contribution in [0.1, 0.15) is 29.7 Å². The summed E-state index contributed by atoms with van der Waals surface area (Å²) >= 11 is 0. The van der Waals surface area contributed by atoms with Crippen molar-refractivity contribution < 1.29 is 4.79 Å². The van der Waals surface area contributed by atoms with Gasteiger partial charge in [0.15, 0.2) is 0 Å². The highest BCUT2D eigenvalue weighted by atomic mass is 16.1. The van der Waals surface area contributed by atoms with E-state index in [0.29, 0.717) is 0 Å². The van der Waals surface area contributed by atoms with Crippen LogP contribution in [0.15, 0.2) is 54.6 Å². The molecule has 0 saturated heterocycles. The Morgan fingerprint density at radius 2 is 1.55 bits per heavy atom. The van der Waals surface area contributed by atoms with Crippen LogP contribution in [0, 0.1) is 5.92 Å². The van der Waals surface area contributed by atoms with Gasteiger partial charge in [-0.15, -0.1) is 0 Å². The summed E-state index contributed by atoms with van der Waals surface area (Å²) in [6.07, 6.45) is 1.73. The topological polar surface area (TPSA) is 29.1 Å². The molecule has 20 heavy (non-hydrogen) atoms. The fourth-order valence-electron chi connectivity index (χ4n) is 2.90. The normalized spacial score (nSPS) is 15.7. The molecule has 3 rings (SSSR count). The van der Waals surface area contributed by atoms with E-state index in [1.54, 1.807) is 0 Å². The number of nitrogens with one attached hydrogen (secondary N) is 1. The summed E-state index contributed by atoms with van der Waals surface area (Å²) in [6.45, 7) is 2.04. The lowest BCUT2D eigenvalue weighted by Gasteiger charge is -2.17. The van der Waals surface area contributed by atoms with Crippen molar-refractivity contribution in [3.8, 4) is 0 Å². The van der Waals surface area contributed by atoms with Gasteiger partial charge in [0.1, 0.15) is 0 Å². The van der Waals surface area contributed by atoms with Crippen LogP contribution < -0.4 is 5.32 Å². The molecule has 0 spiro atoms. The van der Waals surface area contributed by atoms with Crippen LogP contribution in [-0.2, 0) is 17.6 Å². The Balaban J connectivity index is 1.64. The molecule has 2 nitrogen and oxygen atoms in total. The van der Waals surface area contributed by atoms with Crippen molar-refractivity contribution in [2.24, 2.45) is 5.92 Å². The van der Waals surface area contributed by atoms with E-state index in [4.69, 9.17) is 0 Å². The average molecular weight is 265 g/mol. The highest BCUT2D eigenvalue weighted by Crippen LogP contribution is 2.27. The number of carbonyl (C=O) groups excluding carboxylic acids is 1. The van der Waals surface area contributed by atoms with Gasteiger partial charge in [0.2, 0.25) is 5.91 Å². The SMILES string of the molecule is CC(NC(=O)C1Cc2ccccc2C1)c1ccccc1. The van der Waals surface area contributed by atoms with Crippen LogP contribution in [0.2, 0.25) is 0 Å². The van der Waals surface area contributed by atoms with Gasteiger partial charge >= 0.3 is 0 Å². The summed E-state index contributed by atoms with van der Waals surface area (Å²) in [7, 11) is 0. The van der Waals surface area contributed by atoms with Crippen LogP contribution in [0.5, 0.6) is 0 Å². The predicted octanol–water partition coefficient (Wildman–Crippen LogP) is 3.28. The van der Waals surface area contributed by atoms with Crippen LogP contribution in [0.25, 0.3) is 0 Å². The monoisotopic (exact) mass is 265 g/mol. The Labute approximate surface area is 119 Å². The molecule has 0 bridgehead atoms. The third-order valence-electron chi connectivity index (χ3n) is 4.08. The van der Waals surface area contributed by atoms with Gasteiger partial charge in [-0.2, -0.15) is 0 Å². The molecule has 102 valence electrons. The van der Waals surface area contributed by atoms with E-state index in [0.717, 1.165) is 18.4 Å². The lowest BCUT2D eigenvalue weighted by Crippen LogP contribution is -2.33. The van der Waals surface area contributed by atoms with Gasteiger partial charge < -0.3 is 5.32 Å². The molecule has 1 unspecified atom stereocenters. The lowest BCUT2D eigenvalue weighted by atomic mass is 10.0. The number of hydrogen-bond donors (Lipinski definition) is 1. The smallest absolute Gasteiger partial charge is 0.224 e. The maximum atomic E-state index is 12.4. The Kier molecular flexibility index (Phi) is 3.55. The fraction of sp³-hybridized carbons (Fsp3) is 0.278. The van der Waals surface area contributed by atoms with Crippen LogP contribution in [0.3, 0.4) is 0 Å². The molecule has 1 aliphatic carbocycles. The van der Waals surface area contributed by atoms with Crippen molar-refractivity contribution in [1.82, 2.24) is 5.32 Å². The van der Waals surface area contributed by atoms with Gasteiger partial charge in [-0.05, 0) is 36.5 Å². The van der Waals surface area contributed by atoms with Gasteiger partial charge in [0, 0.05) is 5.92 Å². The van der Waals surface area contributed by atoms with Crippen LogP contribution in [-0.4, -0.2) is 5.91 Å². The second-order valence-electron chi connectivity index (χ2n) is 5.51. The van der Waals surface area contributed by atoms with E-state index < -0.39 is 0 Å². The van der Waals surface area contributed by atoms with Gasteiger partial charge in [0.05, 0.1) is 6.04 Å². The summed E-state index contributed by atoms with van der Waals surface area (Å²) in [4.78, 5) is 12.4. The molecule has 1 amide bonds. The summed E-state index contributed by atoms with van der Waals surface area (Å²) in [6, 6.07) is 18.5. The Hall–Kier alpha value is -2.09. The first-order valence-corrected chi connectivity index (χ1v) is 7.16. The number of amides is 1. The van der Waals surface area contributed by atoms with Crippen molar-refractivity contribution >= 4 is 5.91 Å². The number of hydrogen-bond acceptors (Lipinski definition) is 1. The zero-order valence-corrected chi connectivity index (χ0v) is 11.7.